The van der Waals surface area contributed by atoms with Gasteiger partial charge in [-0.15, -0.1) is 0 Å². The second-order valence-corrected chi connectivity index (χ2v) is 6.45. The number of methoxy groups -OCH3 is 1. The number of hydrogen-bond acceptors (Lipinski definition) is 5. The molecule has 5 nitrogen and oxygen atoms in total. The third kappa shape index (κ3) is 5.50. The van der Waals surface area contributed by atoms with E-state index in [-0.39, 0.29) is 18.2 Å². The summed E-state index contributed by atoms with van der Waals surface area (Å²) in [5.74, 6) is -0.639. The Morgan fingerprint density at radius 1 is 1.35 bits per heavy atom. The summed E-state index contributed by atoms with van der Waals surface area (Å²) in [4.78, 5) is 10.9. The zero-order valence-corrected chi connectivity index (χ0v) is 11.8. The van der Waals surface area contributed by atoms with Gasteiger partial charge in [0.1, 0.15) is 0 Å². The van der Waals surface area contributed by atoms with Gasteiger partial charge in [0.15, 0.2) is 9.84 Å². The lowest BCUT2D eigenvalue weighted by Crippen LogP contribution is -2.43. The second-order valence-electron chi connectivity index (χ2n) is 3.97. The van der Waals surface area contributed by atoms with E-state index in [1.807, 2.05) is 13.8 Å². The average Bonchev–Trinajstić information content (AvgIpc) is 2.32. The second kappa shape index (κ2) is 7.66. The van der Waals surface area contributed by atoms with Crippen molar-refractivity contribution in [3.05, 3.63) is 0 Å². The molecule has 0 aromatic heterocycles. The number of nitrogens with one attached hydrogen (secondary N) is 1. The van der Waals surface area contributed by atoms with Crippen LogP contribution in [-0.4, -0.2) is 45.1 Å². The predicted octanol–water partition coefficient (Wildman–Crippen LogP) is 0.741. The molecule has 2 unspecified atom stereocenters. The average molecular weight is 265 g/mol. The van der Waals surface area contributed by atoms with E-state index in [2.05, 4.69) is 10.1 Å². The highest BCUT2D eigenvalue weighted by Crippen LogP contribution is 2.11. The molecule has 0 aliphatic heterocycles. The maximum absolute atomic E-state index is 12.0. The molecule has 0 aliphatic carbocycles. The van der Waals surface area contributed by atoms with Crippen molar-refractivity contribution in [1.29, 1.82) is 0 Å². The third-order valence-corrected chi connectivity index (χ3v) is 5.09. The number of hydrogen-bond donors (Lipinski definition) is 1. The van der Waals surface area contributed by atoms with Crippen molar-refractivity contribution >= 4 is 15.8 Å². The van der Waals surface area contributed by atoms with Crippen molar-refractivity contribution in [3.63, 3.8) is 0 Å². The highest BCUT2D eigenvalue weighted by Gasteiger charge is 2.28. The summed E-state index contributed by atoms with van der Waals surface area (Å²) < 4.78 is 28.4. The fourth-order valence-corrected chi connectivity index (χ4v) is 3.28. The number of carbonyl (C=O) groups is 1. The molecule has 6 heteroatoms. The van der Waals surface area contributed by atoms with Gasteiger partial charge in [-0.1, -0.05) is 13.8 Å². The predicted molar refractivity (Wildman–Crippen MR) is 67.6 cm³/mol. The SMILES string of the molecule is CCNC(CC)C(C)S(=O)(=O)CCC(=O)OC. The van der Waals surface area contributed by atoms with Crippen LogP contribution in [0.2, 0.25) is 0 Å². The number of rotatable bonds is 8. The quantitative estimate of drug-likeness (QED) is 0.655. The van der Waals surface area contributed by atoms with E-state index in [0.717, 1.165) is 13.0 Å². The molecule has 17 heavy (non-hydrogen) atoms. The van der Waals surface area contributed by atoms with Crippen molar-refractivity contribution < 1.29 is 17.9 Å². The standard InChI is InChI=1S/C11H23NO4S/c1-5-10(12-6-2)9(3)17(14,15)8-7-11(13)16-4/h9-10,12H,5-8H2,1-4H3. The van der Waals surface area contributed by atoms with Crippen LogP contribution in [0, 0.1) is 0 Å². The van der Waals surface area contributed by atoms with Gasteiger partial charge in [0, 0.05) is 6.04 Å². The van der Waals surface area contributed by atoms with Gasteiger partial charge >= 0.3 is 5.97 Å². The van der Waals surface area contributed by atoms with Crippen LogP contribution in [0.1, 0.15) is 33.6 Å². The fraction of sp³-hybridized carbons (Fsp3) is 0.909. The first-order chi connectivity index (χ1) is 7.88. The molecule has 0 spiro atoms. The lowest BCUT2D eigenvalue weighted by molar-refractivity contribution is -0.140. The molecule has 0 aromatic rings. The first-order valence-electron chi connectivity index (χ1n) is 5.90. The molecule has 102 valence electrons. The molecule has 0 saturated heterocycles. The number of ether oxygens (including phenoxy) is 1. The summed E-state index contributed by atoms with van der Waals surface area (Å²) >= 11 is 0. The maximum Gasteiger partial charge on any atom is 0.306 e. The lowest BCUT2D eigenvalue weighted by atomic mass is 10.2. The smallest absolute Gasteiger partial charge is 0.306 e. The largest absolute Gasteiger partial charge is 0.469 e. The topological polar surface area (TPSA) is 72.5 Å². The molecular formula is C11H23NO4S. The zero-order chi connectivity index (χ0) is 13.5. The van der Waals surface area contributed by atoms with E-state index in [1.54, 1.807) is 6.92 Å². The highest BCUT2D eigenvalue weighted by atomic mass is 32.2. The summed E-state index contributed by atoms with van der Waals surface area (Å²) in [6.07, 6.45) is 0.665. The van der Waals surface area contributed by atoms with Crippen LogP contribution in [0.15, 0.2) is 0 Å². The third-order valence-electron chi connectivity index (χ3n) is 2.86. The van der Waals surface area contributed by atoms with Crippen LogP contribution in [-0.2, 0) is 19.4 Å². The van der Waals surface area contributed by atoms with Crippen LogP contribution in [0.5, 0.6) is 0 Å². The van der Waals surface area contributed by atoms with Crippen LogP contribution in [0.4, 0.5) is 0 Å². The number of carbonyl (C=O) groups excluding carboxylic acids is 1. The molecule has 0 rings (SSSR count). The van der Waals surface area contributed by atoms with Gasteiger partial charge < -0.3 is 10.1 Å². The van der Waals surface area contributed by atoms with Gasteiger partial charge in [-0.05, 0) is 19.9 Å². The van der Waals surface area contributed by atoms with Gasteiger partial charge in [-0.25, -0.2) is 8.42 Å². The Morgan fingerprint density at radius 2 is 1.94 bits per heavy atom. The Morgan fingerprint density at radius 3 is 2.35 bits per heavy atom. The van der Waals surface area contributed by atoms with Crippen LogP contribution < -0.4 is 5.32 Å². The minimum atomic E-state index is -3.26. The van der Waals surface area contributed by atoms with Crippen molar-refractivity contribution in [2.75, 3.05) is 19.4 Å². The molecule has 0 amide bonds. The summed E-state index contributed by atoms with van der Waals surface area (Å²) in [6.45, 7) is 6.30. The Labute approximate surface area is 104 Å². The Hall–Kier alpha value is -0.620. The van der Waals surface area contributed by atoms with Crippen molar-refractivity contribution in [3.8, 4) is 0 Å². The van der Waals surface area contributed by atoms with Gasteiger partial charge in [0.2, 0.25) is 0 Å². The van der Waals surface area contributed by atoms with Crippen molar-refractivity contribution in [2.45, 2.75) is 44.9 Å². The Balaban J connectivity index is 4.52. The lowest BCUT2D eigenvalue weighted by Gasteiger charge is -2.23. The van der Waals surface area contributed by atoms with E-state index >= 15 is 0 Å². The van der Waals surface area contributed by atoms with Gasteiger partial charge in [0.25, 0.3) is 0 Å². The maximum atomic E-state index is 12.0. The van der Waals surface area contributed by atoms with Crippen molar-refractivity contribution in [1.82, 2.24) is 5.32 Å². The van der Waals surface area contributed by atoms with Gasteiger partial charge in [-0.2, -0.15) is 0 Å². The molecular weight excluding hydrogens is 242 g/mol. The van der Waals surface area contributed by atoms with Crippen LogP contribution in [0.3, 0.4) is 0 Å². The molecule has 0 fully saturated rings. The number of sulfone groups is 1. The molecule has 0 saturated carbocycles. The molecule has 0 radical (unpaired) electrons. The monoisotopic (exact) mass is 265 g/mol. The zero-order valence-electron chi connectivity index (χ0n) is 11.0. The van der Waals surface area contributed by atoms with E-state index in [0.29, 0.717) is 0 Å². The first kappa shape index (κ1) is 16.4. The normalized spacial score (nSPS) is 15.3. The molecule has 0 heterocycles. The van der Waals surface area contributed by atoms with Gasteiger partial charge in [0.05, 0.1) is 24.5 Å². The van der Waals surface area contributed by atoms with E-state index in [4.69, 9.17) is 0 Å². The van der Waals surface area contributed by atoms with E-state index in [9.17, 15) is 13.2 Å². The molecule has 0 bridgehead atoms. The molecule has 2 atom stereocenters. The minimum Gasteiger partial charge on any atom is -0.469 e. The molecule has 1 N–H and O–H groups in total. The minimum absolute atomic E-state index is 0.0670. The Bertz CT molecular complexity index is 326. The van der Waals surface area contributed by atoms with Gasteiger partial charge in [-0.3, -0.25) is 4.79 Å². The van der Waals surface area contributed by atoms with Crippen LogP contribution in [0.25, 0.3) is 0 Å². The van der Waals surface area contributed by atoms with E-state index < -0.39 is 21.1 Å². The summed E-state index contributed by atoms with van der Waals surface area (Å²) in [6, 6.07) is -0.0670. The van der Waals surface area contributed by atoms with E-state index in [1.165, 1.54) is 7.11 Å². The number of esters is 1. The first-order valence-corrected chi connectivity index (χ1v) is 7.62. The summed E-state index contributed by atoms with van der Waals surface area (Å²) in [5, 5.41) is 2.66. The molecule has 0 aromatic carbocycles. The summed E-state index contributed by atoms with van der Waals surface area (Å²) in [5.41, 5.74) is 0. The highest BCUT2D eigenvalue weighted by molar-refractivity contribution is 7.92. The summed E-state index contributed by atoms with van der Waals surface area (Å²) in [7, 11) is -2.01. The van der Waals surface area contributed by atoms with Crippen molar-refractivity contribution in [2.24, 2.45) is 0 Å². The fourth-order valence-electron chi connectivity index (χ4n) is 1.67. The molecule has 0 aliphatic rings. The Kier molecular flexibility index (Phi) is 7.38. The van der Waals surface area contributed by atoms with Crippen LogP contribution >= 0.6 is 0 Å².